The Morgan fingerprint density at radius 2 is 1.94 bits per heavy atom. The van der Waals surface area contributed by atoms with Gasteiger partial charge in [0.15, 0.2) is 17.5 Å². The molecule has 1 unspecified atom stereocenters. The second-order valence-corrected chi connectivity index (χ2v) is 4.35. The molecule has 0 heterocycles. The zero-order chi connectivity index (χ0) is 12.6. The van der Waals surface area contributed by atoms with Crippen LogP contribution in [0.2, 0.25) is 0 Å². The molecule has 1 aliphatic rings. The van der Waals surface area contributed by atoms with E-state index in [1.54, 1.807) is 0 Å². The summed E-state index contributed by atoms with van der Waals surface area (Å²) in [5.74, 6) is -4.32. The molecule has 0 bridgehead atoms. The summed E-state index contributed by atoms with van der Waals surface area (Å²) in [5, 5.41) is 10.4. The summed E-state index contributed by atoms with van der Waals surface area (Å²) in [6.45, 7) is -0.139. The second kappa shape index (κ2) is 4.31. The predicted molar refractivity (Wildman–Crippen MR) is 54.8 cm³/mol. The first-order chi connectivity index (χ1) is 8.00. The normalized spacial score (nSPS) is 19.1. The van der Waals surface area contributed by atoms with Gasteiger partial charge in [-0.25, -0.2) is 13.2 Å². The molecule has 2 nitrogen and oxygen atoms in total. The van der Waals surface area contributed by atoms with Crippen LogP contribution < -0.4 is 0 Å². The van der Waals surface area contributed by atoms with Gasteiger partial charge in [-0.15, -0.1) is 0 Å². The van der Waals surface area contributed by atoms with Crippen LogP contribution in [-0.4, -0.2) is 18.8 Å². The van der Waals surface area contributed by atoms with Gasteiger partial charge >= 0.3 is 0 Å². The van der Waals surface area contributed by atoms with Crippen LogP contribution in [0.15, 0.2) is 12.1 Å². The van der Waals surface area contributed by atoms with Crippen LogP contribution in [0, 0.1) is 23.4 Å². The van der Waals surface area contributed by atoms with E-state index in [1.165, 1.54) is 7.11 Å². The van der Waals surface area contributed by atoms with E-state index in [0.29, 0.717) is 0 Å². The third-order valence-corrected chi connectivity index (χ3v) is 3.12. The largest absolute Gasteiger partial charge is 0.382 e. The maximum absolute atomic E-state index is 13.6. The molecule has 94 valence electrons. The molecular formula is C12H13F3O2. The van der Waals surface area contributed by atoms with Crippen molar-refractivity contribution in [1.29, 1.82) is 0 Å². The Kier molecular flexibility index (Phi) is 3.14. The third kappa shape index (κ3) is 2.05. The molecule has 1 fully saturated rings. The average molecular weight is 246 g/mol. The minimum atomic E-state index is -1.58. The number of rotatable bonds is 4. The number of halogens is 3. The van der Waals surface area contributed by atoms with Gasteiger partial charge < -0.3 is 9.84 Å². The monoisotopic (exact) mass is 246 g/mol. The van der Waals surface area contributed by atoms with Crippen molar-refractivity contribution in [2.45, 2.75) is 18.4 Å². The maximum Gasteiger partial charge on any atom is 0.194 e. The summed E-state index contributed by atoms with van der Waals surface area (Å²) in [5.41, 5.74) is -1.81. The van der Waals surface area contributed by atoms with Crippen molar-refractivity contribution in [3.63, 3.8) is 0 Å². The molecule has 1 atom stereocenters. The Hall–Kier alpha value is -1.07. The van der Waals surface area contributed by atoms with Crippen molar-refractivity contribution in [2.75, 3.05) is 13.7 Å². The molecule has 17 heavy (non-hydrogen) atoms. The van der Waals surface area contributed by atoms with Gasteiger partial charge in [0.1, 0.15) is 5.60 Å². The lowest BCUT2D eigenvalue weighted by molar-refractivity contribution is -0.0560. The number of ether oxygens (including phenoxy) is 1. The van der Waals surface area contributed by atoms with Crippen molar-refractivity contribution < 1.29 is 23.0 Å². The fraction of sp³-hybridized carbons (Fsp3) is 0.500. The molecule has 0 amide bonds. The quantitative estimate of drug-likeness (QED) is 0.826. The van der Waals surface area contributed by atoms with Gasteiger partial charge in [0.25, 0.3) is 0 Å². The zero-order valence-electron chi connectivity index (χ0n) is 9.34. The average Bonchev–Trinajstić information content (AvgIpc) is 3.10. The van der Waals surface area contributed by atoms with E-state index in [9.17, 15) is 18.3 Å². The lowest BCUT2D eigenvalue weighted by Crippen LogP contribution is -2.35. The Balaban J connectivity index is 2.46. The molecule has 0 aliphatic heterocycles. The van der Waals surface area contributed by atoms with Crippen molar-refractivity contribution in [1.82, 2.24) is 0 Å². The van der Waals surface area contributed by atoms with E-state index >= 15 is 0 Å². The number of aliphatic hydroxyl groups is 1. The number of hydrogen-bond acceptors (Lipinski definition) is 2. The minimum Gasteiger partial charge on any atom is -0.382 e. The molecule has 1 N–H and O–H groups in total. The van der Waals surface area contributed by atoms with Crippen LogP contribution in [0.25, 0.3) is 0 Å². The van der Waals surface area contributed by atoms with Gasteiger partial charge in [-0.3, -0.25) is 0 Å². The minimum absolute atomic E-state index is 0.139. The first-order valence-electron chi connectivity index (χ1n) is 5.36. The first kappa shape index (κ1) is 12.4. The number of benzene rings is 1. The highest BCUT2D eigenvalue weighted by Gasteiger charge is 2.47. The lowest BCUT2D eigenvalue weighted by atomic mass is 9.89. The van der Waals surface area contributed by atoms with E-state index in [1.807, 2.05) is 0 Å². The van der Waals surface area contributed by atoms with E-state index < -0.39 is 23.1 Å². The van der Waals surface area contributed by atoms with Gasteiger partial charge in [0, 0.05) is 12.7 Å². The van der Waals surface area contributed by atoms with Gasteiger partial charge in [0.05, 0.1) is 6.61 Å². The Bertz CT molecular complexity index is 432. The Morgan fingerprint density at radius 3 is 2.47 bits per heavy atom. The van der Waals surface area contributed by atoms with E-state index in [0.717, 1.165) is 25.0 Å². The molecule has 0 saturated heterocycles. The summed E-state index contributed by atoms with van der Waals surface area (Å²) in [6, 6.07) is 1.89. The zero-order valence-corrected chi connectivity index (χ0v) is 9.34. The van der Waals surface area contributed by atoms with Crippen LogP contribution in [0.3, 0.4) is 0 Å². The summed E-state index contributed by atoms with van der Waals surface area (Å²) in [4.78, 5) is 0. The topological polar surface area (TPSA) is 29.5 Å². The van der Waals surface area contributed by atoms with Crippen molar-refractivity contribution >= 4 is 0 Å². The molecule has 2 rings (SSSR count). The molecular weight excluding hydrogens is 233 g/mol. The van der Waals surface area contributed by atoms with Crippen molar-refractivity contribution in [3.8, 4) is 0 Å². The maximum atomic E-state index is 13.6. The standard InChI is InChI=1S/C12H13F3O2/c1-17-6-12(16,7-2-3-7)8-4-5-9(13)11(15)10(8)14/h4-5,7,16H,2-3,6H2,1H3. The SMILES string of the molecule is COCC(O)(c1ccc(F)c(F)c1F)C1CC1. The highest BCUT2D eigenvalue weighted by Crippen LogP contribution is 2.46. The summed E-state index contributed by atoms with van der Waals surface area (Å²) < 4.78 is 44.5. The Labute approximate surface area is 97.0 Å². The summed E-state index contributed by atoms with van der Waals surface area (Å²) in [6.07, 6.45) is 1.44. The van der Waals surface area contributed by atoms with Crippen LogP contribution in [0.1, 0.15) is 18.4 Å². The lowest BCUT2D eigenvalue weighted by Gasteiger charge is -2.28. The van der Waals surface area contributed by atoms with E-state index in [4.69, 9.17) is 4.74 Å². The van der Waals surface area contributed by atoms with Crippen molar-refractivity contribution in [3.05, 3.63) is 35.1 Å². The van der Waals surface area contributed by atoms with Gasteiger partial charge in [-0.1, -0.05) is 0 Å². The summed E-state index contributed by atoms with van der Waals surface area (Å²) >= 11 is 0. The van der Waals surface area contributed by atoms with Gasteiger partial charge in [-0.2, -0.15) is 0 Å². The van der Waals surface area contributed by atoms with Crippen LogP contribution in [0.5, 0.6) is 0 Å². The van der Waals surface area contributed by atoms with Gasteiger partial charge in [-0.05, 0) is 30.9 Å². The number of methoxy groups -OCH3 is 1. The fourth-order valence-corrected chi connectivity index (χ4v) is 2.06. The number of hydrogen-bond donors (Lipinski definition) is 1. The van der Waals surface area contributed by atoms with Crippen LogP contribution in [0.4, 0.5) is 13.2 Å². The van der Waals surface area contributed by atoms with Crippen LogP contribution in [-0.2, 0) is 10.3 Å². The highest BCUT2D eigenvalue weighted by molar-refractivity contribution is 5.28. The Morgan fingerprint density at radius 1 is 1.29 bits per heavy atom. The molecule has 0 aromatic heterocycles. The fourth-order valence-electron chi connectivity index (χ4n) is 2.06. The summed E-state index contributed by atoms with van der Waals surface area (Å²) in [7, 11) is 1.37. The molecule has 0 radical (unpaired) electrons. The first-order valence-corrected chi connectivity index (χ1v) is 5.36. The predicted octanol–water partition coefficient (Wildman–Crippen LogP) is 2.35. The molecule has 1 aromatic rings. The third-order valence-electron chi connectivity index (χ3n) is 3.12. The smallest absolute Gasteiger partial charge is 0.194 e. The van der Waals surface area contributed by atoms with Crippen LogP contribution >= 0.6 is 0 Å². The molecule has 1 aromatic carbocycles. The second-order valence-electron chi connectivity index (χ2n) is 4.35. The molecule has 5 heteroatoms. The van der Waals surface area contributed by atoms with Crippen molar-refractivity contribution in [2.24, 2.45) is 5.92 Å². The van der Waals surface area contributed by atoms with E-state index in [-0.39, 0.29) is 18.1 Å². The van der Waals surface area contributed by atoms with E-state index in [2.05, 4.69) is 0 Å². The highest BCUT2D eigenvalue weighted by atomic mass is 19.2. The molecule has 1 aliphatic carbocycles. The molecule has 1 saturated carbocycles. The van der Waals surface area contributed by atoms with Gasteiger partial charge in [0.2, 0.25) is 0 Å². The molecule has 0 spiro atoms.